The van der Waals surface area contributed by atoms with Crippen molar-refractivity contribution in [1.29, 1.82) is 0 Å². The molecule has 0 saturated carbocycles. The van der Waals surface area contributed by atoms with E-state index in [2.05, 4.69) is 20.7 Å². The van der Waals surface area contributed by atoms with Gasteiger partial charge in [-0.15, -0.1) is 0 Å². The molecule has 0 spiro atoms. The lowest BCUT2D eigenvalue weighted by Gasteiger charge is -2.18. The van der Waals surface area contributed by atoms with E-state index >= 15 is 0 Å². The smallest absolute Gasteiger partial charge is 0.265 e. The standard InChI is InChI=1S/C17H17BrN2O6S2/c1-11-10-27(22,23)20(17(11)21)14-6-7-15(26-2)16(9-14)28(24,25)19-13-5-3-4-12(18)8-13/h3-9,11,19H,10H2,1-2H3/t11-/m1/s1. The Hall–Kier alpha value is -2.11. The second kappa shape index (κ2) is 7.37. The first-order valence-corrected chi connectivity index (χ1v) is 12.0. The van der Waals surface area contributed by atoms with Crippen molar-refractivity contribution in [3.63, 3.8) is 0 Å². The van der Waals surface area contributed by atoms with Gasteiger partial charge in [0, 0.05) is 10.2 Å². The third kappa shape index (κ3) is 3.87. The molecule has 1 amide bonds. The number of methoxy groups -OCH3 is 1. The van der Waals surface area contributed by atoms with Crippen LogP contribution in [0.1, 0.15) is 6.92 Å². The van der Waals surface area contributed by atoms with Gasteiger partial charge in [0.2, 0.25) is 15.9 Å². The first-order chi connectivity index (χ1) is 13.0. The number of carbonyl (C=O) groups excluding carboxylic acids is 1. The molecule has 0 aromatic heterocycles. The predicted molar refractivity (Wildman–Crippen MR) is 108 cm³/mol. The second-order valence-corrected chi connectivity index (χ2v) is 10.7. The van der Waals surface area contributed by atoms with Crippen LogP contribution in [0, 0.1) is 5.92 Å². The summed E-state index contributed by atoms with van der Waals surface area (Å²) in [5, 5.41) is 0. The van der Waals surface area contributed by atoms with Crippen molar-refractivity contribution in [2.24, 2.45) is 5.92 Å². The molecular weight excluding hydrogens is 472 g/mol. The van der Waals surface area contributed by atoms with Crippen LogP contribution in [0.3, 0.4) is 0 Å². The van der Waals surface area contributed by atoms with E-state index in [1.54, 1.807) is 24.3 Å². The molecule has 1 aliphatic heterocycles. The minimum Gasteiger partial charge on any atom is -0.495 e. The van der Waals surface area contributed by atoms with Gasteiger partial charge < -0.3 is 4.74 Å². The molecule has 0 aliphatic carbocycles. The summed E-state index contributed by atoms with van der Waals surface area (Å²) in [5.41, 5.74) is 0.255. The quantitative estimate of drug-likeness (QED) is 0.692. The maximum absolute atomic E-state index is 12.9. The van der Waals surface area contributed by atoms with E-state index in [1.807, 2.05) is 0 Å². The highest BCUT2D eigenvalue weighted by molar-refractivity contribution is 9.10. The van der Waals surface area contributed by atoms with Gasteiger partial charge in [0.1, 0.15) is 10.6 Å². The Bertz CT molecular complexity index is 1150. The average Bonchev–Trinajstić information content (AvgIpc) is 2.81. The SMILES string of the molecule is COc1ccc(N2C(=O)[C@H](C)CS2(=O)=O)cc1S(=O)(=O)Nc1cccc(Br)c1. The third-order valence-electron chi connectivity index (χ3n) is 4.11. The molecule has 2 aromatic rings. The van der Waals surface area contributed by atoms with Crippen molar-refractivity contribution in [3.05, 3.63) is 46.9 Å². The normalized spacial score (nSPS) is 18.9. The monoisotopic (exact) mass is 488 g/mol. The molecule has 1 N–H and O–H groups in total. The molecule has 1 atom stereocenters. The molecule has 28 heavy (non-hydrogen) atoms. The van der Waals surface area contributed by atoms with E-state index in [4.69, 9.17) is 4.74 Å². The van der Waals surface area contributed by atoms with E-state index in [9.17, 15) is 21.6 Å². The number of nitrogens with zero attached hydrogens (tertiary/aromatic N) is 1. The van der Waals surface area contributed by atoms with Crippen LogP contribution in [0.5, 0.6) is 5.75 Å². The van der Waals surface area contributed by atoms with Gasteiger partial charge >= 0.3 is 0 Å². The Morgan fingerprint density at radius 1 is 1.21 bits per heavy atom. The number of halogens is 1. The lowest BCUT2D eigenvalue weighted by atomic mass is 10.2. The summed E-state index contributed by atoms with van der Waals surface area (Å²) in [4.78, 5) is 12.0. The van der Waals surface area contributed by atoms with E-state index in [1.165, 1.54) is 26.2 Å². The minimum atomic E-state index is -4.12. The maximum Gasteiger partial charge on any atom is 0.265 e. The molecule has 0 bridgehead atoms. The number of amides is 1. The minimum absolute atomic E-state index is 0.0170. The highest BCUT2D eigenvalue weighted by atomic mass is 79.9. The summed E-state index contributed by atoms with van der Waals surface area (Å²) in [6, 6.07) is 10.3. The predicted octanol–water partition coefficient (Wildman–Crippen LogP) is 2.57. The first kappa shape index (κ1) is 20.6. The van der Waals surface area contributed by atoms with Crippen LogP contribution in [0.15, 0.2) is 51.8 Å². The Labute approximate surface area is 171 Å². The van der Waals surface area contributed by atoms with Gasteiger partial charge in [0.15, 0.2) is 0 Å². The van der Waals surface area contributed by atoms with Crippen LogP contribution in [0.25, 0.3) is 0 Å². The number of hydrogen-bond donors (Lipinski definition) is 1. The second-order valence-electron chi connectivity index (χ2n) is 6.23. The van der Waals surface area contributed by atoms with Gasteiger partial charge in [-0.1, -0.05) is 28.9 Å². The molecule has 0 unspecified atom stereocenters. The van der Waals surface area contributed by atoms with Crippen molar-refractivity contribution in [2.45, 2.75) is 11.8 Å². The number of anilines is 2. The summed E-state index contributed by atoms with van der Waals surface area (Å²) in [5.74, 6) is -1.61. The van der Waals surface area contributed by atoms with Crippen LogP contribution in [0.2, 0.25) is 0 Å². The highest BCUT2D eigenvalue weighted by Gasteiger charge is 2.42. The van der Waals surface area contributed by atoms with Crippen LogP contribution in [0.4, 0.5) is 11.4 Å². The number of rotatable bonds is 5. The molecule has 1 aliphatic rings. The fraction of sp³-hybridized carbons (Fsp3) is 0.235. The molecule has 11 heteroatoms. The molecule has 0 radical (unpaired) electrons. The first-order valence-electron chi connectivity index (χ1n) is 8.08. The van der Waals surface area contributed by atoms with Gasteiger partial charge in [0.25, 0.3) is 10.0 Å². The van der Waals surface area contributed by atoms with Crippen molar-refractivity contribution in [1.82, 2.24) is 0 Å². The summed E-state index contributed by atoms with van der Waals surface area (Å²) in [7, 11) is -6.69. The van der Waals surface area contributed by atoms with Crippen molar-refractivity contribution >= 4 is 53.3 Å². The number of carbonyl (C=O) groups is 1. The molecule has 8 nitrogen and oxygen atoms in total. The number of ether oxygens (including phenoxy) is 1. The Morgan fingerprint density at radius 2 is 1.93 bits per heavy atom. The number of sulfonamides is 2. The Kier molecular flexibility index (Phi) is 5.43. The maximum atomic E-state index is 12.9. The van der Waals surface area contributed by atoms with Crippen LogP contribution >= 0.6 is 15.9 Å². The van der Waals surface area contributed by atoms with Gasteiger partial charge in [-0.3, -0.25) is 9.52 Å². The highest BCUT2D eigenvalue weighted by Crippen LogP contribution is 2.34. The molecule has 2 aromatic carbocycles. The van der Waals surface area contributed by atoms with E-state index in [0.29, 0.717) is 14.5 Å². The topological polar surface area (TPSA) is 110 Å². The Morgan fingerprint density at radius 3 is 2.50 bits per heavy atom. The van der Waals surface area contributed by atoms with Gasteiger partial charge in [-0.05, 0) is 36.4 Å². The summed E-state index contributed by atoms with van der Waals surface area (Å²) >= 11 is 3.26. The van der Waals surface area contributed by atoms with Crippen LogP contribution < -0.4 is 13.8 Å². The van der Waals surface area contributed by atoms with Crippen molar-refractivity contribution in [3.8, 4) is 5.75 Å². The van der Waals surface area contributed by atoms with Gasteiger partial charge in [-0.2, -0.15) is 0 Å². The molecule has 150 valence electrons. The fourth-order valence-corrected chi connectivity index (χ4v) is 6.30. The molecule has 1 saturated heterocycles. The largest absolute Gasteiger partial charge is 0.495 e. The Balaban J connectivity index is 2.08. The molecule has 1 heterocycles. The zero-order chi connectivity index (χ0) is 20.7. The average molecular weight is 489 g/mol. The lowest BCUT2D eigenvalue weighted by Crippen LogP contribution is -2.30. The number of nitrogens with one attached hydrogen (secondary N) is 1. The van der Waals surface area contributed by atoms with Crippen LogP contribution in [-0.2, 0) is 24.8 Å². The van der Waals surface area contributed by atoms with Gasteiger partial charge in [-0.25, -0.2) is 21.1 Å². The van der Waals surface area contributed by atoms with E-state index in [0.717, 1.165) is 6.07 Å². The summed E-state index contributed by atoms with van der Waals surface area (Å²) < 4.78 is 59.3. The van der Waals surface area contributed by atoms with Crippen molar-refractivity contribution < 1.29 is 26.4 Å². The zero-order valence-corrected chi connectivity index (χ0v) is 18.1. The summed E-state index contributed by atoms with van der Waals surface area (Å²) in [6.45, 7) is 1.51. The zero-order valence-electron chi connectivity index (χ0n) is 14.9. The molecule has 3 rings (SSSR count). The van der Waals surface area contributed by atoms with Crippen LogP contribution in [-0.4, -0.2) is 35.6 Å². The lowest BCUT2D eigenvalue weighted by molar-refractivity contribution is -0.119. The summed E-state index contributed by atoms with van der Waals surface area (Å²) in [6.07, 6.45) is 0. The van der Waals surface area contributed by atoms with E-state index < -0.39 is 31.9 Å². The number of hydrogen-bond acceptors (Lipinski definition) is 6. The third-order valence-corrected chi connectivity index (χ3v) is 7.87. The van der Waals surface area contributed by atoms with E-state index in [-0.39, 0.29) is 22.1 Å². The molecular formula is C17H17BrN2O6S2. The number of benzene rings is 2. The van der Waals surface area contributed by atoms with Crippen molar-refractivity contribution in [2.75, 3.05) is 21.9 Å². The fourth-order valence-electron chi connectivity index (χ4n) is 2.85. The molecule has 1 fully saturated rings. The van der Waals surface area contributed by atoms with Gasteiger partial charge in [0.05, 0.1) is 24.5 Å².